The van der Waals surface area contributed by atoms with E-state index in [0.717, 1.165) is 23.8 Å². The van der Waals surface area contributed by atoms with Crippen molar-refractivity contribution in [3.05, 3.63) is 74.4 Å². The SMILES string of the molecule is CN(C(=O)OC(C)(C)C)c1cc2ccn(-c3ccc([N+](=O)[O-])c(C4CC4)c3)c(=O)c2cc1F. The highest BCUT2D eigenvalue weighted by Crippen LogP contribution is 2.44. The molecule has 0 N–H and O–H groups in total. The average molecular weight is 453 g/mol. The van der Waals surface area contributed by atoms with Gasteiger partial charge in [-0.15, -0.1) is 0 Å². The summed E-state index contributed by atoms with van der Waals surface area (Å²) in [6.45, 7) is 5.14. The molecule has 0 atom stereocenters. The number of amides is 1. The van der Waals surface area contributed by atoms with Crippen molar-refractivity contribution in [1.29, 1.82) is 0 Å². The van der Waals surface area contributed by atoms with Crippen molar-refractivity contribution in [3.63, 3.8) is 0 Å². The van der Waals surface area contributed by atoms with E-state index in [0.29, 0.717) is 16.6 Å². The number of pyridine rings is 1. The first-order chi connectivity index (χ1) is 15.5. The van der Waals surface area contributed by atoms with Gasteiger partial charge in [-0.25, -0.2) is 9.18 Å². The van der Waals surface area contributed by atoms with Crippen molar-refractivity contribution in [2.24, 2.45) is 0 Å². The molecule has 0 saturated heterocycles. The van der Waals surface area contributed by atoms with E-state index in [9.17, 15) is 24.1 Å². The third-order valence-electron chi connectivity index (χ3n) is 5.50. The Morgan fingerprint density at radius 1 is 1.21 bits per heavy atom. The molecule has 1 aliphatic carbocycles. The van der Waals surface area contributed by atoms with Crippen LogP contribution >= 0.6 is 0 Å². The number of carbonyl (C=O) groups excluding carboxylic acids is 1. The molecular weight excluding hydrogens is 429 g/mol. The fourth-order valence-corrected chi connectivity index (χ4v) is 3.72. The van der Waals surface area contributed by atoms with Gasteiger partial charge in [-0.05, 0) is 75.2 Å². The van der Waals surface area contributed by atoms with Gasteiger partial charge in [0.1, 0.15) is 11.4 Å². The van der Waals surface area contributed by atoms with Crippen molar-refractivity contribution < 1.29 is 18.8 Å². The Hall–Kier alpha value is -3.75. The molecule has 1 amide bonds. The van der Waals surface area contributed by atoms with Gasteiger partial charge in [0.15, 0.2) is 0 Å². The lowest BCUT2D eigenvalue weighted by molar-refractivity contribution is -0.385. The number of nitro groups is 1. The van der Waals surface area contributed by atoms with Crippen LogP contribution in [0, 0.1) is 15.9 Å². The van der Waals surface area contributed by atoms with Gasteiger partial charge in [0.05, 0.1) is 16.0 Å². The van der Waals surface area contributed by atoms with Gasteiger partial charge in [0.2, 0.25) is 0 Å². The number of halogens is 1. The highest BCUT2D eigenvalue weighted by Gasteiger charge is 2.31. The quantitative estimate of drug-likeness (QED) is 0.395. The fourth-order valence-electron chi connectivity index (χ4n) is 3.72. The molecule has 0 unspecified atom stereocenters. The van der Waals surface area contributed by atoms with Crippen LogP contribution in [0.4, 0.5) is 20.6 Å². The lowest BCUT2D eigenvalue weighted by atomic mass is 10.1. The highest BCUT2D eigenvalue weighted by molar-refractivity contribution is 5.92. The van der Waals surface area contributed by atoms with Crippen molar-refractivity contribution in [2.45, 2.75) is 45.1 Å². The zero-order chi connectivity index (χ0) is 24.1. The molecule has 1 saturated carbocycles. The largest absolute Gasteiger partial charge is 0.443 e. The molecule has 4 rings (SSSR count). The minimum atomic E-state index is -0.743. The lowest BCUT2D eigenvalue weighted by Crippen LogP contribution is -2.34. The number of benzene rings is 2. The molecule has 1 heterocycles. The van der Waals surface area contributed by atoms with Crippen LogP contribution in [0.2, 0.25) is 0 Å². The third-order valence-corrected chi connectivity index (χ3v) is 5.50. The molecule has 9 heteroatoms. The van der Waals surface area contributed by atoms with Crippen molar-refractivity contribution >= 4 is 28.2 Å². The summed E-state index contributed by atoms with van der Waals surface area (Å²) in [5.74, 6) is -0.627. The minimum absolute atomic E-state index is 0.0137. The maximum atomic E-state index is 14.9. The monoisotopic (exact) mass is 453 g/mol. The van der Waals surface area contributed by atoms with Crippen LogP contribution in [0.1, 0.15) is 45.1 Å². The van der Waals surface area contributed by atoms with E-state index in [1.165, 1.54) is 36.0 Å². The zero-order valence-corrected chi connectivity index (χ0v) is 18.8. The summed E-state index contributed by atoms with van der Waals surface area (Å²) < 4.78 is 21.6. The second-order valence-corrected chi connectivity index (χ2v) is 9.20. The number of hydrogen-bond donors (Lipinski definition) is 0. The number of hydrogen-bond acceptors (Lipinski definition) is 5. The highest BCUT2D eigenvalue weighted by atomic mass is 19.1. The summed E-state index contributed by atoms with van der Waals surface area (Å²) in [5.41, 5.74) is -0.101. The van der Waals surface area contributed by atoms with E-state index in [1.54, 1.807) is 32.9 Å². The molecule has 2 aromatic carbocycles. The van der Waals surface area contributed by atoms with Gasteiger partial charge in [-0.3, -0.25) is 24.4 Å². The van der Waals surface area contributed by atoms with E-state index in [2.05, 4.69) is 0 Å². The molecule has 0 bridgehead atoms. The second-order valence-electron chi connectivity index (χ2n) is 9.20. The van der Waals surface area contributed by atoms with Crippen LogP contribution in [-0.4, -0.2) is 28.2 Å². The first-order valence-electron chi connectivity index (χ1n) is 10.6. The number of ether oxygens (including phenoxy) is 1. The molecule has 172 valence electrons. The van der Waals surface area contributed by atoms with E-state index in [4.69, 9.17) is 4.74 Å². The molecular formula is C24H24FN3O5. The molecule has 0 spiro atoms. The van der Waals surface area contributed by atoms with Crippen LogP contribution in [0.3, 0.4) is 0 Å². The molecule has 1 aliphatic rings. The number of aromatic nitrogens is 1. The number of fused-ring (bicyclic) bond motifs is 1. The standard InChI is InChI=1S/C24H24FN3O5/c1-24(2,3)33-23(30)26(4)21-11-15-9-10-27(22(29)18(15)13-19(21)25)16-7-8-20(28(31)32)17(12-16)14-5-6-14/h7-14H,5-6H2,1-4H3. The summed E-state index contributed by atoms with van der Waals surface area (Å²) in [4.78, 5) is 37.5. The Balaban J connectivity index is 1.76. The van der Waals surface area contributed by atoms with Gasteiger partial charge in [0, 0.05) is 30.6 Å². The maximum absolute atomic E-state index is 14.9. The second kappa shape index (κ2) is 7.99. The Kier molecular flexibility index (Phi) is 5.43. The molecule has 3 aromatic rings. The number of nitro benzene ring substituents is 1. The maximum Gasteiger partial charge on any atom is 0.414 e. The summed E-state index contributed by atoms with van der Waals surface area (Å²) in [6.07, 6.45) is 2.57. The van der Waals surface area contributed by atoms with Gasteiger partial charge in [-0.2, -0.15) is 0 Å². The number of rotatable bonds is 4. The van der Waals surface area contributed by atoms with Gasteiger partial charge < -0.3 is 4.74 Å². The van der Waals surface area contributed by atoms with Crippen LogP contribution in [0.25, 0.3) is 16.5 Å². The lowest BCUT2D eigenvalue weighted by Gasteiger charge is -2.25. The van der Waals surface area contributed by atoms with E-state index in [1.807, 2.05) is 0 Å². The number of carbonyl (C=O) groups is 1. The summed E-state index contributed by atoms with van der Waals surface area (Å²) in [7, 11) is 1.40. The normalized spacial score (nSPS) is 13.7. The van der Waals surface area contributed by atoms with Crippen LogP contribution < -0.4 is 10.5 Å². The zero-order valence-electron chi connectivity index (χ0n) is 18.8. The first-order valence-corrected chi connectivity index (χ1v) is 10.6. The van der Waals surface area contributed by atoms with Crippen LogP contribution in [0.5, 0.6) is 0 Å². The molecule has 8 nitrogen and oxygen atoms in total. The van der Waals surface area contributed by atoms with E-state index < -0.39 is 28.0 Å². The summed E-state index contributed by atoms with van der Waals surface area (Å²) in [6, 6.07) is 8.73. The minimum Gasteiger partial charge on any atom is -0.443 e. The molecule has 1 aromatic heterocycles. The number of nitrogens with zero attached hydrogens (tertiary/aromatic N) is 3. The Labute approximate surface area is 189 Å². The van der Waals surface area contributed by atoms with Crippen LogP contribution in [0.15, 0.2) is 47.4 Å². The van der Waals surface area contributed by atoms with Crippen molar-refractivity contribution in [3.8, 4) is 5.69 Å². The van der Waals surface area contributed by atoms with Gasteiger partial charge in [-0.1, -0.05) is 0 Å². The Morgan fingerprint density at radius 2 is 1.91 bits per heavy atom. The summed E-state index contributed by atoms with van der Waals surface area (Å²) in [5, 5.41) is 11.9. The van der Waals surface area contributed by atoms with Crippen molar-refractivity contribution in [1.82, 2.24) is 4.57 Å². The smallest absolute Gasteiger partial charge is 0.414 e. The Morgan fingerprint density at radius 3 is 2.52 bits per heavy atom. The van der Waals surface area contributed by atoms with Crippen molar-refractivity contribution in [2.75, 3.05) is 11.9 Å². The molecule has 33 heavy (non-hydrogen) atoms. The predicted octanol–water partition coefficient (Wildman–Crippen LogP) is 5.29. The Bertz CT molecular complexity index is 1340. The molecule has 0 aliphatic heterocycles. The van der Waals surface area contributed by atoms with E-state index in [-0.39, 0.29) is 22.7 Å². The number of anilines is 1. The summed E-state index contributed by atoms with van der Waals surface area (Å²) >= 11 is 0. The molecule has 0 radical (unpaired) electrons. The van der Waals surface area contributed by atoms with Gasteiger partial charge in [0.25, 0.3) is 11.2 Å². The average Bonchev–Trinajstić information content (AvgIpc) is 3.57. The first kappa shape index (κ1) is 22.4. The van der Waals surface area contributed by atoms with Crippen LogP contribution in [-0.2, 0) is 4.74 Å². The fraction of sp³-hybridized carbons (Fsp3) is 0.333. The third kappa shape index (κ3) is 4.44. The van der Waals surface area contributed by atoms with Gasteiger partial charge >= 0.3 is 6.09 Å². The van der Waals surface area contributed by atoms with E-state index >= 15 is 0 Å². The predicted molar refractivity (Wildman–Crippen MR) is 123 cm³/mol. The topological polar surface area (TPSA) is 94.7 Å². The molecule has 1 fully saturated rings.